The lowest BCUT2D eigenvalue weighted by atomic mass is 10.0. The second kappa shape index (κ2) is 5.96. The first-order valence-electron chi connectivity index (χ1n) is 5.95. The number of nitriles is 1. The zero-order chi connectivity index (χ0) is 14.6. The molecule has 1 aromatic rings. The van der Waals surface area contributed by atoms with Gasteiger partial charge in [0.05, 0.1) is 6.07 Å². The van der Waals surface area contributed by atoms with Gasteiger partial charge in [-0.3, -0.25) is 0 Å². The van der Waals surface area contributed by atoms with Crippen LogP contribution < -0.4 is 4.74 Å². The van der Waals surface area contributed by atoms with Gasteiger partial charge in [-0.1, -0.05) is 26.0 Å². The molecule has 0 radical (unpaired) electrons. The van der Waals surface area contributed by atoms with Crippen LogP contribution in [-0.4, -0.2) is 12.8 Å². The SMILES string of the molecule is Cc1ccc(C(C)C)cc1OCC(C#N)C(F)(F)F. The summed E-state index contributed by atoms with van der Waals surface area (Å²) in [5.41, 5.74) is 1.74. The number of ether oxygens (including phenoxy) is 1. The summed E-state index contributed by atoms with van der Waals surface area (Å²) in [4.78, 5) is 0. The van der Waals surface area contributed by atoms with E-state index in [9.17, 15) is 13.2 Å². The molecule has 0 saturated heterocycles. The quantitative estimate of drug-likeness (QED) is 0.822. The fourth-order valence-corrected chi connectivity index (χ4v) is 1.51. The molecule has 1 unspecified atom stereocenters. The molecular weight excluding hydrogens is 255 g/mol. The molecule has 1 rings (SSSR count). The van der Waals surface area contributed by atoms with Gasteiger partial charge in [0.15, 0.2) is 5.92 Å². The minimum atomic E-state index is -4.56. The summed E-state index contributed by atoms with van der Waals surface area (Å²) in [6, 6.07) is 6.67. The monoisotopic (exact) mass is 271 g/mol. The maximum Gasteiger partial charge on any atom is 0.407 e. The van der Waals surface area contributed by atoms with Crippen molar-refractivity contribution < 1.29 is 17.9 Å². The van der Waals surface area contributed by atoms with E-state index in [1.54, 1.807) is 19.1 Å². The zero-order valence-electron chi connectivity index (χ0n) is 11.1. The fourth-order valence-electron chi connectivity index (χ4n) is 1.51. The second-order valence-corrected chi connectivity index (χ2v) is 4.71. The average molecular weight is 271 g/mol. The molecule has 0 bridgehead atoms. The number of benzene rings is 1. The van der Waals surface area contributed by atoms with Gasteiger partial charge in [-0.2, -0.15) is 18.4 Å². The van der Waals surface area contributed by atoms with Crippen LogP contribution in [0.4, 0.5) is 13.2 Å². The third kappa shape index (κ3) is 4.16. The molecule has 0 fully saturated rings. The van der Waals surface area contributed by atoms with E-state index < -0.39 is 18.7 Å². The average Bonchev–Trinajstić information content (AvgIpc) is 2.30. The predicted molar refractivity (Wildman–Crippen MR) is 65.9 cm³/mol. The van der Waals surface area contributed by atoms with Crippen LogP contribution in [-0.2, 0) is 0 Å². The summed E-state index contributed by atoms with van der Waals surface area (Å²) >= 11 is 0. The maximum absolute atomic E-state index is 12.4. The molecular formula is C14H16F3NO. The first-order valence-corrected chi connectivity index (χ1v) is 5.95. The summed E-state index contributed by atoms with van der Waals surface area (Å²) < 4.78 is 42.5. The molecule has 0 amide bonds. The van der Waals surface area contributed by atoms with Gasteiger partial charge in [0.1, 0.15) is 12.4 Å². The van der Waals surface area contributed by atoms with Crippen LogP contribution in [0, 0.1) is 24.2 Å². The Labute approximate surface area is 110 Å². The van der Waals surface area contributed by atoms with Crippen molar-refractivity contribution in [2.75, 3.05) is 6.61 Å². The molecule has 0 heterocycles. The van der Waals surface area contributed by atoms with E-state index in [2.05, 4.69) is 0 Å². The van der Waals surface area contributed by atoms with Crippen LogP contribution in [0.15, 0.2) is 18.2 Å². The maximum atomic E-state index is 12.4. The summed E-state index contributed by atoms with van der Waals surface area (Å²) in [5, 5.41) is 8.50. The van der Waals surface area contributed by atoms with E-state index in [1.807, 2.05) is 19.9 Å². The topological polar surface area (TPSA) is 33.0 Å². The van der Waals surface area contributed by atoms with Crippen LogP contribution in [0.2, 0.25) is 0 Å². The molecule has 0 aliphatic rings. The number of rotatable bonds is 4. The van der Waals surface area contributed by atoms with Crippen molar-refractivity contribution in [1.29, 1.82) is 5.26 Å². The van der Waals surface area contributed by atoms with E-state index in [4.69, 9.17) is 10.00 Å². The second-order valence-electron chi connectivity index (χ2n) is 4.71. The highest BCUT2D eigenvalue weighted by Crippen LogP contribution is 2.28. The van der Waals surface area contributed by atoms with Gasteiger partial charge in [0.25, 0.3) is 0 Å². The van der Waals surface area contributed by atoms with Crippen molar-refractivity contribution in [3.05, 3.63) is 29.3 Å². The lowest BCUT2D eigenvalue weighted by molar-refractivity contribution is -0.165. The van der Waals surface area contributed by atoms with E-state index in [0.717, 1.165) is 11.1 Å². The molecule has 19 heavy (non-hydrogen) atoms. The molecule has 2 nitrogen and oxygen atoms in total. The fraction of sp³-hybridized carbons (Fsp3) is 0.500. The van der Waals surface area contributed by atoms with Gasteiger partial charge in [0.2, 0.25) is 0 Å². The van der Waals surface area contributed by atoms with Crippen LogP contribution in [0.1, 0.15) is 30.9 Å². The lowest BCUT2D eigenvalue weighted by Crippen LogP contribution is -2.27. The summed E-state index contributed by atoms with van der Waals surface area (Å²) in [5.74, 6) is -1.44. The Bertz CT molecular complexity index is 475. The third-order valence-electron chi connectivity index (χ3n) is 2.84. The Morgan fingerprint density at radius 1 is 1.32 bits per heavy atom. The Balaban J connectivity index is 2.83. The van der Waals surface area contributed by atoms with Crippen molar-refractivity contribution in [1.82, 2.24) is 0 Å². The lowest BCUT2D eigenvalue weighted by Gasteiger charge is -2.16. The van der Waals surface area contributed by atoms with Gasteiger partial charge in [0, 0.05) is 0 Å². The van der Waals surface area contributed by atoms with Gasteiger partial charge >= 0.3 is 6.18 Å². The van der Waals surface area contributed by atoms with Crippen LogP contribution >= 0.6 is 0 Å². The highest BCUT2D eigenvalue weighted by atomic mass is 19.4. The number of halogens is 3. The van der Waals surface area contributed by atoms with Crippen LogP contribution in [0.25, 0.3) is 0 Å². The van der Waals surface area contributed by atoms with Gasteiger partial charge < -0.3 is 4.74 Å². The van der Waals surface area contributed by atoms with Crippen LogP contribution in [0.5, 0.6) is 5.75 Å². The van der Waals surface area contributed by atoms with Crippen molar-refractivity contribution in [3.8, 4) is 11.8 Å². The Kier molecular flexibility index (Phi) is 4.82. The third-order valence-corrected chi connectivity index (χ3v) is 2.84. The molecule has 0 aliphatic carbocycles. The Morgan fingerprint density at radius 2 is 1.95 bits per heavy atom. The van der Waals surface area contributed by atoms with Crippen molar-refractivity contribution in [2.24, 2.45) is 5.92 Å². The van der Waals surface area contributed by atoms with Gasteiger partial charge in [-0.25, -0.2) is 0 Å². The molecule has 1 aromatic carbocycles. The minimum Gasteiger partial charge on any atom is -0.492 e. The van der Waals surface area contributed by atoms with E-state index >= 15 is 0 Å². The number of nitrogens with zero attached hydrogens (tertiary/aromatic N) is 1. The zero-order valence-corrected chi connectivity index (χ0v) is 11.1. The Hall–Kier alpha value is -1.70. The van der Waals surface area contributed by atoms with Crippen LogP contribution in [0.3, 0.4) is 0 Å². The summed E-state index contributed by atoms with van der Waals surface area (Å²) in [6.45, 7) is 5.06. The summed E-state index contributed by atoms with van der Waals surface area (Å²) in [6.07, 6.45) is -4.56. The number of aryl methyl sites for hydroxylation is 1. The van der Waals surface area contributed by atoms with E-state index in [0.29, 0.717) is 5.75 Å². The molecule has 5 heteroatoms. The van der Waals surface area contributed by atoms with Gasteiger partial charge in [-0.15, -0.1) is 0 Å². The van der Waals surface area contributed by atoms with Crippen molar-refractivity contribution in [3.63, 3.8) is 0 Å². The standard InChI is InChI=1S/C14H16F3NO/c1-9(2)11-5-4-10(3)13(6-11)19-8-12(7-18)14(15,16)17/h4-6,9,12H,8H2,1-3H3. The summed E-state index contributed by atoms with van der Waals surface area (Å²) in [7, 11) is 0. The normalized spacial score (nSPS) is 13.2. The first kappa shape index (κ1) is 15.4. The molecule has 1 atom stereocenters. The molecule has 0 spiro atoms. The minimum absolute atomic E-state index is 0.261. The Morgan fingerprint density at radius 3 is 2.42 bits per heavy atom. The first-order chi connectivity index (χ1) is 8.75. The molecule has 104 valence electrons. The van der Waals surface area contributed by atoms with Gasteiger partial charge in [-0.05, 0) is 30.0 Å². The predicted octanol–water partition coefficient (Wildman–Crippen LogP) is 4.20. The molecule has 0 aliphatic heterocycles. The largest absolute Gasteiger partial charge is 0.492 e. The highest BCUT2D eigenvalue weighted by Gasteiger charge is 2.40. The van der Waals surface area contributed by atoms with Crippen molar-refractivity contribution >= 4 is 0 Å². The number of hydrogen-bond acceptors (Lipinski definition) is 2. The smallest absolute Gasteiger partial charge is 0.407 e. The number of hydrogen-bond donors (Lipinski definition) is 0. The molecule has 0 N–H and O–H groups in total. The van der Waals surface area contributed by atoms with Crippen molar-refractivity contribution in [2.45, 2.75) is 32.9 Å². The number of alkyl halides is 3. The van der Waals surface area contributed by atoms with E-state index in [-0.39, 0.29) is 5.92 Å². The molecule has 0 saturated carbocycles. The highest BCUT2D eigenvalue weighted by molar-refractivity contribution is 5.37. The molecule has 0 aromatic heterocycles. The van der Waals surface area contributed by atoms with E-state index in [1.165, 1.54) is 6.07 Å².